The Kier molecular flexibility index (Phi) is 4.24. The largest absolute Gasteiger partial charge is 0.279 e. The van der Waals surface area contributed by atoms with Crippen molar-refractivity contribution in [3.8, 4) is 6.07 Å². The number of nitrogens with zero attached hydrogens (tertiary/aromatic N) is 1. The maximum atomic E-state index is 12.1. The van der Waals surface area contributed by atoms with Crippen molar-refractivity contribution >= 4 is 43.0 Å². The quantitative estimate of drug-likeness (QED) is 0.912. The summed E-state index contributed by atoms with van der Waals surface area (Å²) < 4.78 is 27.6. The van der Waals surface area contributed by atoms with E-state index in [-0.39, 0.29) is 4.21 Å². The third kappa shape index (κ3) is 3.56. The van der Waals surface area contributed by atoms with E-state index in [0.717, 1.165) is 20.7 Å². The van der Waals surface area contributed by atoms with Crippen LogP contribution in [-0.2, 0) is 16.4 Å². The van der Waals surface area contributed by atoms with Crippen molar-refractivity contribution in [1.82, 2.24) is 0 Å². The van der Waals surface area contributed by atoms with Gasteiger partial charge in [0, 0.05) is 5.69 Å². The van der Waals surface area contributed by atoms with Crippen LogP contribution in [0.15, 0.2) is 44.4 Å². The van der Waals surface area contributed by atoms with E-state index in [1.165, 1.54) is 0 Å². The predicted molar refractivity (Wildman–Crippen MR) is 78.6 cm³/mol. The van der Waals surface area contributed by atoms with Gasteiger partial charge in [0.1, 0.15) is 4.21 Å². The third-order valence-electron chi connectivity index (χ3n) is 2.30. The zero-order valence-electron chi connectivity index (χ0n) is 9.63. The molecule has 7 heteroatoms. The van der Waals surface area contributed by atoms with Crippen LogP contribution in [0.5, 0.6) is 0 Å². The highest BCUT2D eigenvalue weighted by molar-refractivity contribution is 9.11. The molecule has 0 radical (unpaired) electrons. The fourth-order valence-corrected chi connectivity index (χ4v) is 4.50. The molecule has 98 valence electrons. The molecular weight excluding hydrogens is 348 g/mol. The van der Waals surface area contributed by atoms with E-state index in [9.17, 15) is 8.42 Å². The fourth-order valence-electron chi connectivity index (χ4n) is 1.43. The molecule has 2 rings (SSSR count). The lowest BCUT2D eigenvalue weighted by Crippen LogP contribution is -2.11. The van der Waals surface area contributed by atoms with Crippen LogP contribution in [0, 0.1) is 11.3 Å². The number of hydrogen-bond acceptors (Lipinski definition) is 4. The fraction of sp³-hybridized carbons (Fsp3) is 0.0833. The minimum absolute atomic E-state index is 0.250. The Morgan fingerprint density at radius 2 is 1.89 bits per heavy atom. The first-order valence-electron chi connectivity index (χ1n) is 5.25. The number of halogens is 1. The lowest BCUT2D eigenvalue weighted by atomic mass is 10.1. The number of rotatable bonds is 4. The summed E-state index contributed by atoms with van der Waals surface area (Å²) >= 11 is 4.38. The number of thiophene rings is 1. The summed E-state index contributed by atoms with van der Waals surface area (Å²) in [6.45, 7) is 0. The van der Waals surface area contributed by atoms with E-state index in [4.69, 9.17) is 5.26 Å². The minimum atomic E-state index is -3.54. The molecule has 4 nitrogen and oxygen atoms in total. The van der Waals surface area contributed by atoms with Crippen LogP contribution >= 0.6 is 27.3 Å². The van der Waals surface area contributed by atoms with Crippen LogP contribution in [0.25, 0.3) is 0 Å². The third-order valence-corrected chi connectivity index (χ3v) is 5.80. The molecule has 0 aliphatic rings. The zero-order chi connectivity index (χ0) is 13.9. The van der Waals surface area contributed by atoms with Gasteiger partial charge in [-0.1, -0.05) is 12.1 Å². The highest BCUT2D eigenvalue weighted by Gasteiger charge is 2.16. The first-order chi connectivity index (χ1) is 9.01. The van der Waals surface area contributed by atoms with E-state index in [0.29, 0.717) is 12.1 Å². The van der Waals surface area contributed by atoms with E-state index >= 15 is 0 Å². The van der Waals surface area contributed by atoms with Crippen LogP contribution in [0.4, 0.5) is 5.69 Å². The van der Waals surface area contributed by atoms with E-state index in [1.54, 1.807) is 36.4 Å². The molecule has 0 aliphatic heterocycles. The van der Waals surface area contributed by atoms with Crippen molar-refractivity contribution in [3.63, 3.8) is 0 Å². The second-order valence-electron chi connectivity index (χ2n) is 3.70. The Balaban J connectivity index is 2.19. The van der Waals surface area contributed by atoms with Crippen LogP contribution in [-0.4, -0.2) is 8.42 Å². The van der Waals surface area contributed by atoms with Crippen molar-refractivity contribution in [1.29, 1.82) is 5.26 Å². The van der Waals surface area contributed by atoms with Gasteiger partial charge in [0.05, 0.1) is 16.3 Å². The molecule has 0 bridgehead atoms. The zero-order valence-corrected chi connectivity index (χ0v) is 12.8. The molecule has 0 spiro atoms. The Hall–Kier alpha value is -1.36. The summed E-state index contributed by atoms with van der Waals surface area (Å²) in [5.74, 6) is 0. The summed E-state index contributed by atoms with van der Waals surface area (Å²) in [5.41, 5.74) is 1.33. The van der Waals surface area contributed by atoms with Crippen LogP contribution in [0.2, 0.25) is 0 Å². The molecule has 1 aromatic heterocycles. The topological polar surface area (TPSA) is 70.0 Å². The SMILES string of the molecule is N#CCc1ccc(NS(=O)(=O)c2ccc(Br)s2)cc1. The molecule has 0 amide bonds. The van der Waals surface area contributed by atoms with Crippen LogP contribution < -0.4 is 4.72 Å². The predicted octanol–water partition coefficient (Wildman–Crippen LogP) is 3.38. The van der Waals surface area contributed by atoms with E-state index in [1.807, 2.05) is 6.07 Å². The number of benzene rings is 1. The molecule has 0 unspecified atom stereocenters. The van der Waals surface area contributed by atoms with E-state index < -0.39 is 10.0 Å². The first-order valence-corrected chi connectivity index (χ1v) is 8.34. The van der Waals surface area contributed by atoms with Gasteiger partial charge in [-0.2, -0.15) is 5.26 Å². The van der Waals surface area contributed by atoms with Crippen LogP contribution in [0.1, 0.15) is 5.56 Å². The van der Waals surface area contributed by atoms with Gasteiger partial charge in [-0.25, -0.2) is 8.42 Å². The van der Waals surface area contributed by atoms with Crippen LogP contribution in [0.3, 0.4) is 0 Å². The molecule has 19 heavy (non-hydrogen) atoms. The number of hydrogen-bond donors (Lipinski definition) is 1. The van der Waals surface area contributed by atoms with E-state index in [2.05, 4.69) is 20.7 Å². The number of sulfonamides is 1. The number of nitrogens with one attached hydrogen (secondary N) is 1. The van der Waals surface area contributed by atoms with Gasteiger partial charge in [0.2, 0.25) is 0 Å². The summed E-state index contributed by atoms with van der Waals surface area (Å²) in [6, 6.07) is 12.0. The first kappa shape index (κ1) is 14.1. The molecule has 0 atom stereocenters. The molecule has 0 aliphatic carbocycles. The highest BCUT2D eigenvalue weighted by atomic mass is 79.9. The Bertz CT molecular complexity index is 715. The molecule has 2 aromatic rings. The summed E-state index contributed by atoms with van der Waals surface area (Å²) in [7, 11) is -3.54. The number of nitriles is 1. The maximum absolute atomic E-state index is 12.1. The molecule has 0 fully saturated rings. The summed E-state index contributed by atoms with van der Waals surface area (Å²) in [6.07, 6.45) is 0.310. The van der Waals surface area contributed by atoms with Gasteiger partial charge in [0.25, 0.3) is 10.0 Å². The lowest BCUT2D eigenvalue weighted by molar-refractivity contribution is 0.603. The average molecular weight is 357 g/mol. The van der Waals surface area contributed by atoms with Gasteiger partial charge in [-0.05, 0) is 45.8 Å². The summed E-state index contributed by atoms with van der Waals surface area (Å²) in [4.78, 5) is 0. The van der Waals surface area contributed by atoms with Crippen molar-refractivity contribution in [2.24, 2.45) is 0 Å². The van der Waals surface area contributed by atoms with Crippen molar-refractivity contribution in [3.05, 3.63) is 45.7 Å². The molecular formula is C12H9BrN2O2S2. The monoisotopic (exact) mass is 356 g/mol. The van der Waals surface area contributed by atoms with Gasteiger partial charge in [0.15, 0.2) is 0 Å². The van der Waals surface area contributed by atoms with Gasteiger partial charge in [-0.15, -0.1) is 11.3 Å². The van der Waals surface area contributed by atoms with Gasteiger partial charge in [-0.3, -0.25) is 4.72 Å². The molecule has 0 saturated carbocycles. The lowest BCUT2D eigenvalue weighted by Gasteiger charge is -2.06. The minimum Gasteiger partial charge on any atom is -0.279 e. The average Bonchev–Trinajstić information content (AvgIpc) is 2.79. The number of anilines is 1. The normalized spacial score (nSPS) is 10.9. The maximum Gasteiger partial charge on any atom is 0.271 e. The van der Waals surface area contributed by atoms with Gasteiger partial charge >= 0.3 is 0 Å². The Labute approximate surface area is 123 Å². The van der Waals surface area contributed by atoms with Crippen molar-refractivity contribution < 1.29 is 8.42 Å². The second-order valence-corrected chi connectivity index (χ2v) is 8.07. The van der Waals surface area contributed by atoms with Crippen molar-refractivity contribution in [2.75, 3.05) is 4.72 Å². The second kappa shape index (κ2) is 5.74. The van der Waals surface area contributed by atoms with Gasteiger partial charge < -0.3 is 0 Å². The highest BCUT2D eigenvalue weighted by Crippen LogP contribution is 2.27. The molecule has 1 N–H and O–H groups in total. The Morgan fingerprint density at radius 3 is 2.42 bits per heavy atom. The smallest absolute Gasteiger partial charge is 0.271 e. The Morgan fingerprint density at radius 1 is 1.21 bits per heavy atom. The summed E-state index contributed by atoms with van der Waals surface area (Å²) in [5, 5.41) is 8.56. The molecule has 1 aromatic carbocycles. The standard InChI is InChI=1S/C12H9BrN2O2S2/c13-11-5-6-12(18-11)19(16,17)15-10-3-1-9(2-4-10)7-8-14/h1-6,15H,7H2. The molecule has 1 heterocycles. The molecule has 0 saturated heterocycles. The van der Waals surface area contributed by atoms with Crippen molar-refractivity contribution in [2.45, 2.75) is 10.6 Å².